The molecule has 0 bridgehead atoms. The van der Waals surface area contributed by atoms with Gasteiger partial charge in [-0.1, -0.05) is 30.3 Å². The SMILES string of the molecule is CCOC(=O)c1ccc(NC(=O)CN(C)S(=O)(=O)c2ccc3ccccc3c2)c(C)c1. The maximum absolute atomic E-state index is 12.9. The van der Waals surface area contributed by atoms with Gasteiger partial charge in [-0.25, -0.2) is 13.2 Å². The second-order valence-electron chi connectivity index (χ2n) is 7.07. The summed E-state index contributed by atoms with van der Waals surface area (Å²) in [6, 6.07) is 17.1. The minimum Gasteiger partial charge on any atom is -0.462 e. The predicted molar refractivity (Wildman–Crippen MR) is 120 cm³/mol. The molecule has 0 atom stereocenters. The highest BCUT2D eigenvalue weighted by Gasteiger charge is 2.23. The number of hydrogen-bond acceptors (Lipinski definition) is 5. The Balaban J connectivity index is 1.71. The average molecular weight is 441 g/mol. The highest BCUT2D eigenvalue weighted by atomic mass is 32.2. The number of nitrogens with one attached hydrogen (secondary N) is 1. The molecular weight excluding hydrogens is 416 g/mol. The maximum atomic E-state index is 12.9. The molecule has 0 spiro atoms. The molecule has 0 fully saturated rings. The third-order valence-electron chi connectivity index (χ3n) is 4.81. The lowest BCUT2D eigenvalue weighted by molar-refractivity contribution is -0.116. The molecule has 0 aliphatic rings. The van der Waals surface area contributed by atoms with Gasteiger partial charge in [0.1, 0.15) is 0 Å². The summed E-state index contributed by atoms with van der Waals surface area (Å²) in [5.41, 5.74) is 1.54. The Labute approximate surface area is 181 Å². The lowest BCUT2D eigenvalue weighted by Gasteiger charge is -2.18. The van der Waals surface area contributed by atoms with E-state index < -0.39 is 21.9 Å². The van der Waals surface area contributed by atoms with E-state index in [1.165, 1.54) is 13.1 Å². The van der Waals surface area contributed by atoms with Crippen LogP contribution in [0.15, 0.2) is 65.6 Å². The number of nitrogens with zero attached hydrogens (tertiary/aromatic N) is 1. The van der Waals surface area contributed by atoms with Crippen molar-refractivity contribution in [2.75, 3.05) is 25.5 Å². The van der Waals surface area contributed by atoms with Crippen molar-refractivity contribution in [1.82, 2.24) is 4.31 Å². The summed E-state index contributed by atoms with van der Waals surface area (Å²) < 4.78 is 31.8. The van der Waals surface area contributed by atoms with Gasteiger partial charge in [0.25, 0.3) is 0 Å². The number of carbonyl (C=O) groups is 2. The van der Waals surface area contributed by atoms with Gasteiger partial charge in [-0.05, 0) is 60.5 Å². The number of benzene rings is 3. The molecule has 162 valence electrons. The molecule has 3 rings (SSSR count). The highest BCUT2D eigenvalue weighted by Crippen LogP contribution is 2.22. The number of ether oxygens (including phenoxy) is 1. The molecule has 0 aliphatic carbocycles. The molecule has 8 heteroatoms. The first-order valence-electron chi connectivity index (χ1n) is 9.75. The van der Waals surface area contributed by atoms with Gasteiger partial charge in [0.2, 0.25) is 15.9 Å². The van der Waals surface area contributed by atoms with Gasteiger partial charge < -0.3 is 10.1 Å². The van der Waals surface area contributed by atoms with Crippen LogP contribution < -0.4 is 5.32 Å². The Bertz CT molecular complexity index is 1240. The maximum Gasteiger partial charge on any atom is 0.338 e. The second-order valence-corrected chi connectivity index (χ2v) is 9.11. The van der Waals surface area contributed by atoms with Crippen molar-refractivity contribution >= 4 is 38.4 Å². The van der Waals surface area contributed by atoms with Crippen LogP contribution in [0.2, 0.25) is 0 Å². The zero-order chi connectivity index (χ0) is 22.6. The molecule has 0 radical (unpaired) electrons. The van der Waals surface area contributed by atoms with Crippen LogP contribution in [0.25, 0.3) is 10.8 Å². The molecule has 0 unspecified atom stereocenters. The Morgan fingerprint density at radius 1 is 1.00 bits per heavy atom. The number of esters is 1. The second kappa shape index (κ2) is 9.28. The van der Waals surface area contributed by atoms with Crippen LogP contribution in [0.1, 0.15) is 22.8 Å². The van der Waals surface area contributed by atoms with Crippen molar-refractivity contribution in [2.24, 2.45) is 0 Å². The first-order valence-corrected chi connectivity index (χ1v) is 11.2. The standard InChI is InChI=1S/C23H24N2O5S/c1-4-30-23(27)19-10-12-21(16(2)13-19)24-22(26)15-25(3)31(28,29)20-11-9-17-7-5-6-8-18(17)14-20/h5-14H,4,15H2,1-3H3,(H,24,26). The molecule has 0 saturated carbocycles. The zero-order valence-electron chi connectivity index (χ0n) is 17.6. The summed E-state index contributed by atoms with van der Waals surface area (Å²) in [6.45, 7) is 3.39. The fourth-order valence-electron chi connectivity index (χ4n) is 3.13. The van der Waals surface area contributed by atoms with Crippen molar-refractivity contribution in [3.8, 4) is 0 Å². The fourth-order valence-corrected chi connectivity index (χ4v) is 4.29. The quantitative estimate of drug-likeness (QED) is 0.567. The van der Waals surface area contributed by atoms with Crippen LogP contribution in [-0.4, -0.2) is 44.8 Å². The van der Waals surface area contributed by atoms with Gasteiger partial charge in [0.05, 0.1) is 23.6 Å². The van der Waals surface area contributed by atoms with E-state index in [-0.39, 0.29) is 18.0 Å². The smallest absolute Gasteiger partial charge is 0.338 e. The topological polar surface area (TPSA) is 92.8 Å². The number of carbonyl (C=O) groups excluding carboxylic acids is 2. The minimum atomic E-state index is -3.84. The van der Waals surface area contributed by atoms with Gasteiger partial charge >= 0.3 is 5.97 Å². The summed E-state index contributed by atoms with van der Waals surface area (Å²) in [5, 5.41) is 4.43. The Morgan fingerprint density at radius 2 is 1.71 bits per heavy atom. The van der Waals surface area contributed by atoms with E-state index in [0.29, 0.717) is 16.8 Å². The highest BCUT2D eigenvalue weighted by molar-refractivity contribution is 7.89. The number of anilines is 1. The van der Waals surface area contributed by atoms with E-state index in [1.807, 2.05) is 24.3 Å². The Kier molecular flexibility index (Phi) is 6.72. The molecule has 1 amide bonds. The monoisotopic (exact) mass is 440 g/mol. The summed E-state index contributed by atoms with van der Waals surface area (Å²) in [6.07, 6.45) is 0. The summed E-state index contributed by atoms with van der Waals surface area (Å²) in [5.74, 6) is -0.927. The fraction of sp³-hybridized carbons (Fsp3) is 0.217. The molecule has 0 aromatic heterocycles. The van der Waals surface area contributed by atoms with Crippen molar-refractivity contribution in [3.05, 3.63) is 71.8 Å². The summed E-state index contributed by atoms with van der Waals surface area (Å²) in [7, 11) is -2.48. The summed E-state index contributed by atoms with van der Waals surface area (Å²) in [4.78, 5) is 24.4. The molecule has 0 aliphatic heterocycles. The number of rotatable bonds is 7. The molecule has 1 N–H and O–H groups in total. The lowest BCUT2D eigenvalue weighted by Crippen LogP contribution is -2.35. The zero-order valence-corrected chi connectivity index (χ0v) is 18.4. The first kappa shape index (κ1) is 22.5. The number of aryl methyl sites for hydroxylation is 1. The van der Waals surface area contributed by atoms with Gasteiger partial charge in [0, 0.05) is 12.7 Å². The van der Waals surface area contributed by atoms with Gasteiger partial charge in [-0.3, -0.25) is 4.79 Å². The van der Waals surface area contributed by atoms with Crippen molar-refractivity contribution in [2.45, 2.75) is 18.7 Å². The molecule has 0 saturated heterocycles. The normalized spacial score (nSPS) is 11.5. The lowest BCUT2D eigenvalue weighted by atomic mass is 10.1. The van der Waals surface area contributed by atoms with Crippen molar-refractivity contribution < 1.29 is 22.7 Å². The largest absolute Gasteiger partial charge is 0.462 e. The molecular formula is C23H24N2O5S. The van der Waals surface area contributed by atoms with Gasteiger partial charge in [0.15, 0.2) is 0 Å². The van der Waals surface area contributed by atoms with Crippen LogP contribution in [0.4, 0.5) is 5.69 Å². The minimum absolute atomic E-state index is 0.122. The van der Waals surface area contributed by atoms with Gasteiger partial charge in [-0.2, -0.15) is 4.31 Å². The Morgan fingerprint density at radius 3 is 2.39 bits per heavy atom. The average Bonchev–Trinajstić information content (AvgIpc) is 2.74. The van der Waals surface area contributed by atoms with Gasteiger partial charge in [-0.15, -0.1) is 0 Å². The molecule has 3 aromatic carbocycles. The number of likely N-dealkylation sites (N-methyl/N-ethyl adjacent to an activating group) is 1. The third kappa shape index (κ3) is 5.10. The van der Waals surface area contributed by atoms with Crippen LogP contribution in [0.5, 0.6) is 0 Å². The van der Waals surface area contributed by atoms with E-state index >= 15 is 0 Å². The number of fused-ring (bicyclic) bond motifs is 1. The molecule has 3 aromatic rings. The van der Waals surface area contributed by atoms with E-state index in [9.17, 15) is 18.0 Å². The molecule has 0 heterocycles. The Hall–Kier alpha value is -3.23. The van der Waals surface area contributed by atoms with Crippen LogP contribution in [0.3, 0.4) is 0 Å². The van der Waals surface area contributed by atoms with Crippen molar-refractivity contribution in [1.29, 1.82) is 0 Å². The first-order chi connectivity index (χ1) is 14.7. The van der Waals surface area contributed by atoms with E-state index in [0.717, 1.165) is 15.1 Å². The predicted octanol–water partition coefficient (Wildman–Crippen LogP) is 3.58. The van der Waals surface area contributed by atoms with Crippen LogP contribution >= 0.6 is 0 Å². The van der Waals surface area contributed by atoms with E-state index in [4.69, 9.17) is 4.74 Å². The van der Waals surface area contributed by atoms with E-state index in [2.05, 4.69) is 5.32 Å². The van der Waals surface area contributed by atoms with Crippen LogP contribution in [0, 0.1) is 6.92 Å². The number of hydrogen-bond donors (Lipinski definition) is 1. The third-order valence-corrected chi connectivity index (χ3v) is 6.61. The van der Waals surface area contributed by atoms with Crippen molar-refractivity contribution in [3.63, 3.8) is 0 Å². The van der Waals surface area contributed by atoms with Crippen LogP contribution in [-0.2, 0) is 19.6 Å². The number of amides is 1. The molecule has 7 nitrogen and oxygen atoms in total. The molecule has 31 heavy (non-hydrogen) atoms. The van der Waals surface area contributed by atoms with E-state index in [1.54, 1.807) is 44.2 Å². The summed E-state index contributed by atoms with van der Waals surface area (Å²) >= 11 is 0. The number of sulfonamides is 1.